The summed E-state index contributed by atoms with van der Waals surface area (Å²) in [6.07, 6.45) is 3.62. The molecule has 0 radical (unpaired) electrons. The third kappa shape index (κ3) is 5.71. The number of unbranched alkanes of at least 4 members (excludes halogenated alkanes) is 3. The monoisotopic (exact) mass is 340 g/mol. The molecule has 0 saturated carbocycles. The van der Waals surface area contributed by atoms with E-state index >= 15 is 0 Å². The maximum atomic E-state index is 12.2. The molecule has 2 rings (SSSR count). The molecule has 2 aromatic rings. The van der Waals surface area contributed by atoms with Gasteiger partial charge < -0.3 is 10.6 Å². The summed E-state index contributed by atoms with van der Waals surface area (Å²) in [5.41, 5.74) is 0.662. The average molecular weight is 340 g/mol. The van der Waals surface area contributed by atoms with E-state index in [0.29, 0.717) is 18.5 Å². The van der Waals surface area contributed by atoms with Crippen molar-refractivity contribution in [2.45, 2.75) is 32.1 Å². The number of carbonyl (C=O) groups excluding carboxylic acids is 3. The highest BCUT2D eigenvalue weighted by Gasteiger charge is 2.10. The van der Waals surface area contributed by atoms with Crippen LogP contribution < -0.4 is 10.6 Å². The van der Waals surface area contributed by atoms with Gasteiger partial charge in [0, 0.05) is 25.6 Å². The summed E-state index contributed by atoms with van der Waals surface area (Å²) < 4.78 is 0. The SMILES string of the molecule is CNC(=O)C(=O)CCCCCCNC(=O)c1ccc2ccccc2c1. The fourth-order valence-electron chi connectivity index (χ4n) is 2.65. The summed E-state index contributed by atoms with van der Waals surface area (Å²) in [7, 11) is 1.46. The highest BCUT2D eigenvalue weighted by Crippen LogP contribution is 2.15. The van der Waals surface area contributed by atoms with Crippen molar-refractivity contribution >= 4 is 28.4 Å². The Morgan fingerprint density at radius 1 is 0.880 bits per heavy atom. The maximum Gasteiger partial charge on any atom is 0.287 e. The molecule has 0 bridgehead atoms. The molecule has 5 nitrogen and oxygen atoms in total. The molecule has 0 atom stereocenters. The highest BCUT2D eigenvalue weighted by atomic mass is 16.2. The van der Waals surface area contributed by atoms with Crippen molar-refractivity contribution in [2.24, 2.45) is 0 Å². The number of fused-ring (bicyclic) bond motifs is 1. The molecule has 0 heterocycles. The molecule has 0 aromatic heterocycles. The fourth-order valence-corrected chi connectivity index (χ4v) is 2.65. The van der Waals surface area contributed by atoms with Gasteiger partial charge >= 0.3 is 0 Å². The lowest BCUT2D eigenvalue weighted by molar-refractivity contribution is -0.137. The number of amides is 2. The van der Waals surface area contributed by atoms with Crippen LogP contribution in [0.25, 0.3) is 10.8 Å². The van der Waals surface area contributed by atoms with E-state index in [4.69, 9.17) is 0 Å². The molecule has 0 aliphatic carbocycles. The number of hydrogen-bond acceptors (Lipinski definition) is 3. The van der Waals surface area contributed by atoms with Gasteiger partial charge in [0.05, 0.1) is 0 Å². The molecule has 25 heavy (non-hydrogen) atoms. The molecule has 2 N–H and O–H groups in total. The summed E-state index contributed by atoms with van der Waals surface area (Å²) in [5, 5.41) is 7.42. The zero-order valence-electron chi connectivity index (χ0n) is 14.5. The zero-order valence-corrected chi connectivity index (χ0v) is 14.5. The lowest BCUT2D eigenvalue weighted by atomic mass is 10.1. The number of nitrogens with one attached hydrogen (secondary N) is 2. The van der Waals surface area contributed by atoms with Crippen LogP contribution in [-0.4, -0.2) is 31.2 Å². The van der Waals surface area contributed by atoms with Gasteiger partial charge in [0.2, 0.25) is 5.78 Å². The Balaban J connectivity index is 1.65. The topological polar surface area (TPSA) is 75.3 Å². The van der Waals surface area contributed by atoms with Gasteiger partial charge in [-0.2, -0.15) is 0 Å². The molecule has 0 saturated heterocycles. The van der Waals surface area contributed by atoms with E-state index in [-0.39, 0.29) is 18.1 Å². The molecule has 0 unspecified atom stereocenters. The number of ketones is 1. The summed E-state index contributed by atoms with van der Waals surface area (Å²) in [5.74, 6) is -0.963. The second kappa shape index (κ2) is 9.57. The fraction of sp³-hybridized carbons (Fsp3) is 0.350. The first-order valence-electron chi connectivity index (χ1n) is 8.63. The van der Waals surface area contributed by atoms with Crippen LogP contribution in [0.4, 0.5) is 0 Å². The van der Waals surface area contributed by atoms with E-state index < -0.39 is 5.91 Å². The average Bonchev–Trinajstić information content (AvgIpc) is 2.65. The van der Waals surface area contributed by atoms with E-state index in [0.717, 1.165) is 30.0 Å². The van der Waals surface area contributed by atoms with E-state index in [1.807, 2.05) is 42.5 Å². The molecule has 132 valence electrons. The van der Waals surface area contributed by atoms with Gasteiger partial charge in [0.15, 0.2) is 0 Å². The van der Waals surface area contributed by atoms with Crippen molar-refractivity contribution in [3.8, 4) is 0 Å². The van der Waals surface area contributed by atoms with Gasteiger partial charge in [-0.25, -0.2) is 0 Å². The van der Waals surface area contributed by atoms with E-state index in [1.165, 1.54) is 7.05 Å². The van der Waals surface area contributed by atoms with Crippen molar-refractivity contribution in [2.75, 3.05) is 13.6 Å². The Bertz CT molecular complexity index is 755. The Kier molecular flexibility index (Phi) is 7.14. The third-order valence-corrected chi connectivity index (χ3v) is 4.11. The summed E-state index contributed by atoms with van der Waals surface area (Å²) in [4.78, 5) is 34.6. The lowest BCUT2D eigenvalue weighted by Gasteiger charge is -2.06. The van der Waals surface area contributed by atoms with Crippen LogP contribution >= 0.6 is 0 Å². The number of rotatable bonds is 9. The van der Waals surface area contributed by atoms with Crippen LogP contribution in [0.15, 0.2) is 42.5 Å². The molecule has 0 aliphatic rings. The lowest BCUT2D eigenvalue weighted by Crippen LogP contribution is -2.27. The molecule has 2 amide bonds. The quantitative estimate of drug-likeness (QED) is 0.544. The number of carbonyl (C=O) groups is 3. The largest absolute Gasteiger partial charge is 0.353 e. The molecule has 0 spiro atoms. The summed E-state index contributed by atoms with van der Waals surface area (Å²) in [6, 6.07) is 13.6. The van der Waals surface area contributed by atoms with Crippen molar-refractivity contribution in [1.82, 2.24) is 10.6 Å². The van der Waals surface area contributed by atoms with Crippen LogP contribution in [0.3, 0.4) is 0 Å². The summed E-state index contributed by atoms with van der Waals surface area (Å²) in [6.45, 7) is 0.606. The Labute approximate surface area is 147 Å². The van der Waals surface area contributed by atoms with Gasteiger partial charge in [-0.05, 0) is 35.7 Å². The molecule has 2 aromatic carbocycles. The highest BCUT2D eigenvalue weighted by molar-refractivity contribution is 6.36. The first-order valence-corrected chi connectivity index (χ1v) is 8.63. The van der Waals surface area contributed by atoms with Crippen LogP contribution in [0.2, 0.25) is 0 Å². The third-order valence-electron chi connectivity index (χ3n) is 4.11. The number of Topliss-reactive ketones (excluding diaryl/α,β-unsaturated/α-hetero) is 1. The molecular formula is C20H24N2O3. The predicted molar refractivity (Wildman–Crippen MR) is 98.4 cm³/mol. The van der Waals surface area contributed by atoms with Gasteiger partial charge in [-0.15, -0.1) is 0 Å². The first kappa shape index (κ1) is 18.6. The Morgan fingerprint density at radius 2 is 1.60 bits per heavy atom. The van der Waals surface area contributed by atoms with Crippen LogP contribution in [-0.2, 0) is 9.59 Å². The second-order valence-electron chi connectivity index (χ2n) is 5.98. The van der Waals surface area contributed by atoms with Crippen LogP contribution in [0.1, 0.15) is 42.5 Å². The molecule has 0 aliphatic heterocycles. The van der Waals surface area contributed by atoms with Crippen molar-refractivity contribution < 1.29 is 14.4 Å². The minimum Gasteiger partial charge on any atom is -0.353 e. The number of benzene rings is 2. The normalized spacial score (nSPS) is 10.4. The van der Waals surface area contributed by atoms with E-state index in [2.05, 4.69) is 10.6 Å². The standard InChI is InChI=1S/C20H24N2O3/c1-21-20(25)18(23)10-4-2-3-7-13-22-19(24)17-12-11-15-8-5-6-9-16(15)14-17/h5-6,8-9,11-12,14H,2-4,7,10,13H2,1H3,(H,21,25)(H,22,24). The predicted octanol–water partition coefficient (Wildman–Crippen LogP) is 2.84. The van der Waals surface area contributed by atoms with Gasteiger partial charge in [-0.1, -0.05) is 43.2 Å². The van der Waals surface area contributed by atoms with E-state index in [1.54, 1.807) is 0 Å². The van der Waals surface area contributed by atoms with Gasteiger partial charge in [-0.3, -0.25) is 14.4 Å². The van der Waals surface area contributed by atoms with Crippen LogP contribution in [0.5, 0.6) is 0 Å². The molecule has 5 heteroatoms. The minimum atomic E-state index is -0.525. The Morgan fingerprint density at radius 3 is 2.36 bits per heavy atom. The molecule has 0 fully saturated rings. The number of likely N-dealkylation sites (N-methyl/N-ethyl adjacent to an activating group) is 1. The van der Waals surface area contributed by atoms with Gasteiger partial charge in [0.25, 0.3) is 11.8 Å². The first-order chi connectivity index (χ1) is 12.1. The maximum absolute atomic E-state index is 12.2. The van der Waals surface area contributed by atoms with Crippen molar-refractivity contribution in [3.05, 3.63) is 48.0 Å². The second-order valence-corrected chi connectivity index (χ2v) is 5.98. The van der Waals surface area contributed by atoms with E-state index in [9.17, 15) is 14.4 Å². The molecular weight excluding hydrogens is 316 g/mol. The zero-order chi connectivity index (χ0) is 18.1. The smallest absolute Gasteiger partial charge is 0.287 e. The van der Waals surface area contributed by atoms with Crippen molar-refractivity contribution in [1.29, 1.82) is 0 Å². The Hall–Kier alpha value is -2.69. The van der Waals surface area contributed by atoms with Crippen molar-refractivity contribution in [3.63, 3.8) is 0 Å². The van der Waals surface area contributed by atoms with Crippen LogP contribution in [0, 0.1) is 0 Å². The summed E-state index contributed by atoms with van der Waals surface area (Å²) >= 11 is 0. The van der Waals surface area contributed by atoms with Gasteiger partial charge in [0.1, 0.15) is 0 Å². The minimum absolute atomic E-state index is 0.0689. The number of hydrogen-bond donors (Lipinski definition) is 2.